The molecule has 0 aromatic carbocycles. The van der Waals surface area contributed by atoms with Crippen LogP contribution in [0.5, 0.6) is 0 Å². The van der Waals surface area contributed by atoms with E-state index in [2.05, 4.69) is 42.6 Å². The molecule has 1 rings (SSSR count). The second kappa shape index (κ2) is 8.37. The highest BCUT2D eigenvalue weighted by atomic mass is 35.5. The minimum absolute atomic E-state index is 0.0257. The first-order valence-electron chi connectivity index (χ1n) is 7.12. The molecule has 1 aromatic heterocycles. The first kappa shape index (κ1) is 18.0. The maximum Gasteiger partial charge on any atom is 0.129 e. The third kappa shape index (κ3) is 6.46. The Labute approximate surface area is 133 Å². The summed E-state index contributed by atoms with van der Waals surface area (Å²) in [7, 11) is 1.69. The molecule has 0 bridgehead atoms. The molecule has 0 radical (unpaired) electrons. The summed E-state index contributed by atoms with van der Waals surface area (Å²) in [6.07, 6.45) is 1.86. The molecule has 0 aliphatic rings. The van der Waals surface area contributed by atoms with Crippen LogP contribution in [0.4, 0.5) is 5.82 Å². The Morgan fingerprint density at radius 3 is 2.71 bits per heavy atom. The van der Waals surface area contributed by atoms with Gasteiger partial charge in [0.1, 0.15) is 5.82 Å². The second-order valence-corrected chi connectivity index (χ2v) is 6.34. The average molecular weight is 312 g/mol. The number of halogens is 1. The van der Waals surface area contributed by atoms with Crippen LogP contribution in [0.25, 0.3) is 0 Å². The number of ether oxygens (including phenoxy) is 1. The number of aromatic nitrogens is 1. The van der Waals surface area contributed by atoms with Gasteiger partial charge in [0.15, 0.2) is 0 Å². The van der Waals surface area contributed by atoms with Crippen LogP contribution in [0.15, 0.2) is 24.8 Å². The summed E-state index contributed by atoms with van der Waals surface area (Å²) in [5, 5.41) is 4.09. The van der Waals surface area contributed by atoms with Gasteiger partial charge in [-0.3, -0.25) is 0 Å². The zero-order chi connectivity index (χ0) is 15.9. The van der Waals surface area contributed by atoms with Crippen molar-refractivity contribution in [2.75, 3.05) is 31.7 Å². The fraction of sp³-hybridized carbons (Fsp3) is 0.562. The Kier molecular flexibility index (Phi) is 7.15. The molecule has 1 N–H and O–H groups in total. The van der Waals surface area contributed by atoms with E-state index in [1.165, 1.54) is 0 Å². The van der Waals surface area contributed by atoms with E-state index in [0.29, 0.717) is 18.2 Å². The third-order valence-electron chi connectivity index (χ3n) is 2.93. The highest BCUT2D eigenvalue weighted by Gasteiger charge is 2.13. The van der Waals surface area contributed by atoms with Crippen LogP contribution in [0.1, 0.15) is 26.5 Å². The summed E-state index contributed by atoms with van der Waals surface area (Å²) in [4.78, 5) is 6.79. The van der Waals surface area contributed by atoms with Gasteiger partial charge in [-0.25, -0.2) is 4.98 Å². The monoisotopic (exact) mass is 311 g/mol. The number of nitrogens with zero attached hydrogens (tertiary/aromatic N) is 2. The van der Waals surface area contributed by atoms with E-state index >= 15 is 0 Å². The molecule has 0 fully saturated rings. The Bertz CT molecular complexity index is 457. The number of nitrogens with one attached hydrogen (secondary N) is 1. The number of hydrogen-bond donors (Lipinski definition) is 1. The highest BCUT2D eigenvalue weighted by Crippen LogP contribution is 2.20. The normalized spacial score (nSPS) is 11.5. The zero-order valence-corrected chi connectivity index (χ0v) is 14.2. The van der Waals surface area contributed by atoms with Crippen molar-refractivity contribution >= 4 is 17.4 Å². The molecule has 1 aromatic rings. The fourth-order valence-corrected chi connectivity index (χ4v) is 1.95. The maximum atomic E-state index is 6.25. The standard InChI is InChI=1S/C16H26ClN3O/c1-6-9-20(10-11-21-5)15-8-7-13(17)14(19-15)12-18-16(2,3)4/h6-8,18H,1,9-12H2,2-5H3. The molecular weight excluding hydrogens is 286 g/mol. The number of rotatable bonds is 8. The van der Waals surface area contributed by atoms with E-state index in [0.717, 1.165) is 24.6 Å². The van der Waals surface area contributed by atoms with Crippen molar-refractivity contribution in [3.8, 4) is 0 Å². The van der Waals surface area contributed by atoms with Gasteiger partial charge in [0.25, 0.3) is 0 Å². The SMILES string of the molecule is C=CCN(CCOC)c1ccc(Cl)c(CNC(C)(C)C)n1. The first-order valence-corrected chi connectivity index (χ1v) is 7.50. The topological polar surface area (TPSA) is 37.4 Å². The van der Waals surface area contributed by atoms with Crippen LogP contribution in [0.2, 0.25) is 5.02 Å². The quantitative estimate of drug-likeness (QED) is 0.748. The van der Waals surface area contributed by atoms with Crippen LogP contribution in [-0.4, -0.2) is 37.3 Å². The van der Waals surface area contributed by atoms with Gasteiger partial charge >= 0.3 is 0 Å². The van der Waals surface area contributed by atoms with E-state index in [4.69, 9.17) is 16.3 Å². The predicted octanol–water partition coefficient (Wildman–Crippen LogP) is 3.26. The summed E-state index contributed by atoms with van der Waals surface area (Å²) < 4.78 is 5.14. The molecule has 0 unspecified atom stereocenters. The summed E-state index contributed by atoms with van der Waals surface area (Å²) in [6, 6.07) is 3.83. The minimum atomic E-state index is 0.0257. The lowest BCUT2D eigenvalue weighted by molar-refractivity contribution is 0.205. The van der Waals surface area contributed by atoms with E-state index in [9.17, 15) is 0 Å². The number of hydrogen-bond acceptors (Lipinski definition) is 4. The molecular formula is C16H26ClN3O. The predicted molar refractivity (Wildman–Crippen MR) is 90.1 cm³/mol. The Balaban J connectivity index is 2.89. The van der Waals surface area contributed by atoms with Crippen LogP contribution < -0.4 is 10.2 Å². The second-order valence-electron chi connectivity index (χ2n) is 5.93. The molecule has 4 nitrogen and oxygen atoms in total. The minimum Gasteiger partial charge on any atom is -0.383 e. The van der Waals surface area contributed by atoms with Gasteiger partial charge in [-0.1, -0.05) is 17.7 Å². The first-order chi connectivity index (χ1) is 9.87. The van der Waals surface area contributed by atoms with E-state index in [1.54, 1.807) is 7.11 Å². The molecule has 0 saturated heterocycles. The molecule has 118 valence electrons. The molecule has 0 aliphatic carbocycles. The van der Waals surface area contributed by atoms with Crippen molar-refractivity contribution in [2.24, 2.45) is 0 Å². The van der Waals surface area contributed by atoms with Crippen molar-refractivity contribution in [3.05, 3.63) is 35.5 Å². The molecule has 0 amide bonds. The summed E-state index contributed by atoms with van der Waals surface area (Å²) in [5.74, 6) is 0.891. The summed E-state index contributed by atoms with van der Waals surface area (Å²) in [5.41, 5.74) is 0.883. The van der Waals surface area contributed by atoms with Crippen molar-refractivity contribution in [1.29, 1.82) is 0 Å². The Morgan fingerprint density at radius 1 is 1.43 bits per heavy atom. The molecule has 0 aliphatic heterocycles. The van der Waals surface area contributed by atoms with Gasteiger partial charge in [0.2, 0.25) is 0 Å². The van der Waals surface area contributed by atoms with Gasteiger partial charge in [0.05, 0.1) is 17.3 Å². The largest absolute Gasteiger partial charge is 0.383 e. The third-order valence-corrected chi connectivity index (χ3v) is 3.27. The zero-order valence-electron chi connectivity index (χ0n) is 13.4. The van der Waals surface area contributed by atoms with E-state index in [1.807, 2.05) is 18.2 Å². The smallest absolute Gasteiger partial charge is 0.129 e. The average Bonchev–Trinajstić information content (AvgIpc) is 2.42. The fourth-order valence-electron chi connectivity index (χ4n) is 1.78. The molecule has 21 heavy (non-hydrogen) atoms. The molecule has 1 heterocycles. The lowest BCUT2D eigenvalue weighted by Crippen LogP contribution is -2.35. The van der Waals surface area contributed by atoms with Crippen molar-refractivity contribution < 1.29 is 4.74 Å². The van der Waals surface area contributed by atoms with Gasteiger partial charge in [0, 0.05) is 32.3 Å². The highest BCUT2D eigenvalue weighted by molar-refractivity contribution is 6.31. The van der Waals surface area contributed by atoms with Gasteiger partial charge in [-0.05, 0) is 32.9 Å². The Hall–Kier alpha value is -1.10. The van der Waals surface area contributed by atoms with Gasteiger partial charge in [-0.2, -0.15) is 0 Å². The van der Waals surface area contributed by atoms with Crippen molar-refractivity contribution in [3.63, 3.8) is 0 Å². The van der Waals surface area contributed by atoms with Gasteiger partial charge in [-0.15, -0.1) is 6.58 Å². The molecule has 5 heteroatoms. The summed E-state index contributed by atoms with van der Waals surface area (Å²) >= 11 is 6.25. The number of pyridine rings is 1. The Morgan fingerprint density at radius 2 is 2.14 bits per heavy atom. The summed E-state index contributed by atoms with van der Waals surface area (Å²) in [6.45, 7) is 12.9. The number of methoxy groups -OCH3 is 1. The van der Waals surface area contributed by atoms with E-state index < -0.39 is 0 Å². The van der Waals surface area contributed by atoms with Crippen molar-refractivity contribution in [2.45, 2.75) is 32.9 Å². The number of anilines is 1. The van der Waals surface area contributed by atoms with Crippen LogP contribution >= 0.6 is 11.6 Å². The van der Waals surface area contributed by atoms with Crippen LogP contribution in [0.3, 0.4) is 0 Å². The molecule has 0 saturated carbocycles. The molecule has 0 spiro atoms. The van der Waals surface area contributed by atoms with Crippen molar-refractivity contribution in [1.82, 2.24) is 10.3 Å². The lowest BCUT2D eigenvalue weighted by Gasteiger charge is -2.24. The lowest BCUT2D eigenvalue weighted by atomic mass is 10.1. The van der Waals surface area contributed by atoms with Crippen LogP contribution in [0, 0.1) is 0 Å². The molecule has 0 atom stereocenters. The van der Waals surface area contributed by atoms with Gasteiger partial charge < -0.3 is 15.0 Å². The van der Waals surface area contributed by atoms with E-state index in [-0.39, 0.29) is 5.54 Å². The van der Waals surface area contributed by atoms with Crippen LogP contribution in [-0.2, 0) is 11.3 Å². The maximum absolute atomic E-state index is 6.25.